The van der Waals surface area contributed by atoms with E-state index in [1.165, 1.54) is 4.57 Å². The largest absolute Gasteiger partial charge is 0.369 e. The molecule has 2 aromatic carbocycles. The number of nitrogens with two attached hydrogens (primary N) is 1. The van der Waals surface area contributed by atoms with Crippen molar-refractivity contribution in [2.45, 2.75) is 0 Å². The van der Waals surface area contributed by atoms with Crippen molar-refractivity contribution in [1.29, 1.82) is 5.26 Å². The first-order chi connectivity index (χ1) is 9.60. The Morgan fingerprint density at radius 2 is 2.00 bits per heavy atom. The van der Waals surface area contributed by atoms with Gasteiger partial charge in [-0.05, 0) is 18.2 Å². The molecule has 6 heteroatoms. The molecule has 0 atom stereocenters. The summed E-state index contributed by atoms with van der Waals surface area (Å²) in [6, 6.07) is 10.4. The van der Waals surface area contributed by atoms with Crippen LogP contribution in [0.5, 0.6) is 0 Å². The highest BCUT2D eigenvalue weighted by Gasteiger charge is 2.15. The van der Waals surface area contributed by atoms with Crippen molar-refractivity contribution >= 4 is 17.0 Å². The number of halogens is 2. The van der Waals surface area contributed by atoms with E-state index < -0.39 is 11.6 Å². The van der Waals surface area contributed by atoms with E-state index in [2.05, 4.69) is 4.98 Å². The van der Waals surface area contributed by atoms with Gasteiger partial charge in [-0.25, -0.2) is 13.8 Å². The van der Waals surface area contributed by atoms with E-state index in [9.17, 15) is 8.78 Å². The van der Waals surface area contributed by atoms with E-state index in [0.717, 1.165) is 12.1 Å². The van der Waals surface area contributed by atoms with Crippen LogP contribution in [0.3, 0.4) is 0 Å². The predicted molar refractivity (Wildman–Crippen MR) is 70.1 cm³/mol. The van der Waals surface area contributed by atoms with Crippen LogP contribution >= 0.6 is 0 Å². The van der Waals surface area contributed by atoms with Crippen LogP contribution in [0.1, 0.15) is 5.56 Å². The van der Waals surface area contributed by atoms with Crippen molar-refractivity contribution in [2.75, 3.05) is 5.73 Å². The van der Waals surface area contributed by atoms with Gasteiger partial charge in [-0.15, -0.1) is 0 Å². The molecule has 0 aliphatic rings. The smallest absolute Gasteiger partial charge is 0.206 e. The van der Waals surface area contributed by atoms with Gasteiger partial charge in [0.25, 0.3) is 0 Å². The van der Waals surface area contributed by atoms with Crippen molar-refractivity contribution < 1.29 is 8.78 Å². The second-order valence-corrected chi connectivity index (χ2v) is 4.22. The Morgan fingerprint density at radius 3 is 2.75 bits per heavy atom. The molecular weight excluding hydrogens is 262 g/mol. The maximum atomic E-state index is 13.7. The van der Waals surface area contributed by atoms with Gasteiger partial charge in [0, 0.05) is 12.1 Å². The monoisotopic (exact) mass is 270 g/mol. The van der Waals surface area contributed by atoms with Crippen molar-refractivity contribution in [2.24, 2.45) is 0 Å². The lowest BCUT2D eigenvalue weighted by molar-refractivity contribution is 0.590. The third-order valence-electron chi connectivity index (χ3n) is 2.94. The number of nitrogens with zero attached hydrogens (tertiary/aromatic N) is 3. The normalized spacial score (nSPS) is 10.7. The van der Waals surface area contributed by atoms with Crippen LogP contribution in [0.25, 0.3) is 16.7 Å². The van der Waals surface area contributed by atoms with Gasteiger partial charge in [-0.1, -0.05) is 6.07 Å². The first-order valence-electron chi connectivity index (χ1n) is 5.73. The molecule has 3 aromatic rings. The van der Waals surface area contributed by atoms with Crippen LogP contribution in [0.4, 0.5) is 14.7 Å². The minimum atomic E-state index is -0.776. The molecule has 0 radical (unpaired) electrons. The summed E-state index contributed by atoms with van der Waals surface area (Å²) < 4.78 is 28.5. The van der Waals surface area contributed by atoms with Crippen LogP contribution in [-0.2, 0) is 0 Å². The van der Waals surface area contributed by atoms with Gasteiger partial charge in [-0.3, -0.25) is 4.57 Å². The summed E-state index contributed by atoms with van der Waals surface area (Å²) in [5, 5.41) is 8.90. The van der Waals surface area contributed by atoms with Crippen LogP contribution in [0.2, 0.25) is 0 Å². The molecular formula is C14H8F2N4. The zero-order chi connectivity index (χ0) is 14.3. The Labute approximate surface area is 112 Å². The summed E-state index contributed by atoms with van der Waals surface area (Å²) in [6.45, 7) is 0. The predicted octanol–water partition coefficient (Wildman–Crippen LogP) is 2.76. The molecule has 4 nitrogen and oxygen atoms in total. The number of nitriles is 1. The molecule has 0 aliphatic heterocycles. The maximum Gasteiger partial charge on any atom is 0.206 e. The third kappa shape index (κ3) is 1.77. The highest BCUT2D eigenvalue weighted by molar-refractivity contribution is 5.81. The lowest BCUT2D eigenvalue weighted by Gasteiger charge is -2.06. The van der Waals surface area contributed by atoms with Gasteiger partial charge in [-0.2, -0.15) is 5.26 Å². The van der Waals surface area contributed by atoms with Gasteiger partial charge < -0.3 is 5.73 Å². The molecule has 0 spiro atoms. The van der Waals surface area contributed by atoms with Crippen molar-refractivity contribution in [3.05, 3.63) is 53.6 Å². The number of hydrogen-bond donors (Lipinski definition) is 1. The number of anilines is 1. The highest BCUT2D eigenvalue weighted by Crippen LogP contribution is 2.26. The molecule has 0 aliphatic carbocycles. The van der Waals surface area contributed by atoms with Crippen LogP contribution in [-0.4, -0.2) is 9.55 Å². The van der Waals surface area contributed by atoms with E-state index in [-0.39, 0.29) is 17.0 Å². The Bertz CT molecular complexity index is 861. The van der Waals surface area contributed by atoms with E-state index in [4.69, 9.17) is 11.0 Å². The summed E-state index contributed by atoms with van der Waals surface area (Å²) in [5.41, 5.74) is 6.92. The Hall–Kier alpha value is -2.94. The molecule has 1 heterocycles. The average molecular weight is 270 g/mol. The quantitative estimate of drug-likeness (QED) is 0.739. The molecule has 0 amide bonds. The fraction of sp³-hybridized carbons (Fsp3) is 0. The second kappa shape index (κ2) is 4.31. The molecule has 3 rings (SSSR count). The number of aromatic nitrogens is 2. The topological polar surface area (TPSA) is 67.6 Å². The molecule has 2 N–H and O–H groups in total. The molecule has 20 heavy (non-hydrogen) atoms. The van der Waals surface area contributed by atoms with Crippen molar-refractivity contribution in [1.82, 2.24) is 9.55 Å². The fourth-order valence-corrected chi connectivity index (χ4v) is 2.11. The van der Waals surface area contributed by atoms with Crippen LogP contribution < -0.4 is 5.73 Å². The zero-order valence-electron chi connectivity index (χ0n) is 10.1. The number of benzene rings is 2. The molecule has 0 bridgehead atoms. The molecule has 1 aromatic heterocycles. The van der Waals surface area contributed by atoms with Crippen LogP contribution in [0, 0.1) is 23.0 Å². The SMILES string of the molecule is N#Cc1cccc(-n2c(N)nc3c(F)cc(F)cc32)c1. The van der Waals surface area contributed by atoms with Crippen LogP contribution in [0.15, 0.2) is 36.4 Å². The molecule has 0 saturated heterocycles. The standard InChI is InChI=1S/C14H8F2N4/c15-9-5-11(16)13-12(6-9)20(14(18)19-13)10-3-1-2-8(4-10)7-17/h1-6H,(H2,18,19). The van der Waals surface area contributed by atoms with Gasteiger partial charge in [0.2, 0.25) is 5.95 Å². The van der Waals surface area contributed by atoms with Crippen molar-refractivity contribution in [3.63, 3.8) is 0 Å². The average Bonchev–Trinajstić information content (AvgIpc) is 2.75. The lowest BCUT2D eigenvalue weighted by atomic mass is 10.2. The number of fused-ring (bicyclic) bond motifs is 1. The molecule has 0 fully saturated rings. The number of imidazole rings is 1. The van der Waals surface area contributed by atoms with Gasteiger partial charge in [0.05, 0.1) is 22.8 Å². The third-order valence-corrected chi connectivity index (χ3v) is 2.94. The van der Waals surface area contributed by atoms with Gasteiger partial charge in [0.15, 0.2) is 5.82 Å². The minimum Gasteiger partial charge on any atom is -0.369 e. The molecule has 0 unspecified atom stereocenters. The summed E-state index contributed by atoms with van der Waals surface area (Å²) in [7, 11) is 0. The Kier molecular flexibility index (Phi) is 2.61. The summed E-state index contributed by atoms with van der Waals surface area (Å²) in [6.07, 6.45) is 0. The first-order valence-corrected chi connectivity index (χ1v) is 5.73. The van der Waals surface area contributed by atoms with E-state index in [0.29, 0.717) is 11.3 Å². The zero-order valence-corrected chi connectivity index (χ0v) is 10.1. The minimum absolute atomic E-state index is 0.00809. The molecule has 0 saturated carbocycles. The summed E-state index contributed by atoms with van der Waals surface area (Å²) >= 11 is 0. The summed E-state index contributed by atoms with van der Waals surface area (Å²) in [4.78, 5) is 3.90. The van der Waals surface area contributed by atoms with Crippen molar-refractivity contribution in [3.8, 4) is 11.8 Å². The maximum absolute atomic E-state index is 13.7. The lowest BCUT2D eigenvalue weighted by Crippen LogP contribution is -2.01. The number of hydrogen-bond acceptors (Lipinski definition) is 3. The number of nitrogen functional groups attached to an aromatic ring is 1. The van der Waals surface area contributed by atoms with E-state index in [1.54, 1.807) is 24.3 Å². The summed E-state index contributed by atoms with van der Waals surface area (Å²) in [5.74, 6) is -1.46. The van der Waals surface area contributed by atoms with Gasteiger partial charge in [0.1, 0.15) is 11.3 Å². The van der Waals surface area contributed by atoms with E-state index >= 15 is 0 Å². The van der Waals surface area contributed by atoms with Gasteiger partial charge >= 0.3 is 0 Å². The number of rotatable bonds is 1. The second-order valence-electron chi connectivity index (χ2n) is 4.22. The fourth-order valence-electron chi connectivity index (χ4n) is 2.11. The molecule has 98 valence electrons. The van der Waals surface area contributed by atoms with E-state index in [1.807, 2.05) is 6.07 Å². The Morgan fingerprint density at radius 1 is 1.20 bits per heavy atom. The Balaban J connectivity index is 2.36. The highest BCUT2D eigenvalue weighted by atomic mass is 19.1. The first kappa shape index (κ1) is 12.1.